The molecule has 0 radical (unpaired) electrons. The van der Waals surface area contributed by atoms with Crippen LogP contribution in [0.15, 0.2) is 204 Å². The maximum absolute atomic E-state index is 15.1. The molecule has 1 aliphatic carbocycles. The third-order valence-electron chi connectivity index (χ3n) is 14.5. The lowest BCUT2D eigenvalue weighted by molar-refractivity contribution is 0.376. The van der Waals surface area contributed by atoms with E-state index in [1.54, 1.807) is 6.92 Å². The first-order valence-corrected chi connectivity index (χ1v) is 23.4. The Labute approximate surface area is 391 Å². The fourth-order valence-corrected chi connectivity index (χ4v) is 11.3. The van der Waals surface area contributed by atoms with Gasteiger partial charge >= 0.3 is 0 Å². The molecule has 4 nitrogen and oxygen atoms in total. The number of hydrogen-bond acceptors (Lipinski definition) is 2. The van der Waals surface area contributed by atoms with Crippen molar-refractivity contribution in [3.63, 3.8) is 0 Å². The van der Waals surface area contributed by atoms with E-state index >= 15 is 9.59 Å². The molecule has 0 spiro atoms. The molecule has 0 N–H and O–H groups in total. The monoisotopic (exact) mass is 878 g/mol. The molecule has 0 saturated heterocycles. The molecule has 13 rings (SSSR count). The summed E-state index contributed by atoms with van der Waals surface area (Å²) in [5.41, 5.74) is 11.8. The Bertz CT molecular complexity index is 4280. The van der Waals surface area contributed by atoms with Gasteiger partial charge in [0.05, 0.1) is 33.4 Å². The number of rotatable bonds is 5. The lowest BCUT2D eigenvalue weighted by Gasteiger charge is -2.26. The Balaban J connectivity index is 1.11. The Morgan fingerprint density at radius 3 is 1.65 bits per heavy atom. The molecule has 324 valence electrons. The summed E-state index contributed by atoms with van der Waals surface area (Å²) in [7, 11) is 0. The van der Waals surface area contributed by atoms with E-state index in [1.165, 1.54) is 16.3 Å². The van der Waals surface area contributed by atoms with Crippen LogP contribution in [-0.2, 0) is 6.42 Å². The molecule has 68 heavy (non-hydrogen) atoms. The minimum absolute atomic E-state index is 0.0957. The number of fused-ring (bicyclic) bond motifs is 8. The van der Waals surface area contributed by atoms with Crippen LogP contribution >= 0.6 is 0 Å². The second-order valence-electron chi connectivity index (χ2n) is 18.4. The van der Waals surface area contributed by atoms with Gasteiger partial charge in [-0.3, -0.25) is 9.59 Å². The van der Waals surface area contributed by atoms with Crippen LogP contribution in [0.4, 0.5) is 4.39 Å². The van der Waals surface area contributed by atoms with E-state index in [1.807, 2.05) is 84.9 Å². The normalized spacial score (nSPS) is 14.2. The van der Waals surface area contributed by atoms with Crippen molar-refractivity contribution in [3.05, 3.63) is 231 Å². The summed E-state index contributed by atoms with van der Waals surface area (Å²) in [6.45, 7) is 3.82. The molecule has 2 unspecified atom stereocenters. The first kappa shape index (κ1) is 39.9. The maximum Gasteiger partial charge on any atom is 0.197 e. The summed E-state index contributed by atoms with van der Waals surface area (Å²) in [5.74, 6) is 0.281. The third-order valence-corrected chi connectivity index (χ3v) is 14.5. The highest BCUT2D eigenvalue weighted by molar-refractivity contribution is 6.11. The second kappa shape index (κ2) is 15.3. The smallest absolute Gasteiger partial charge is 0.197 e. The van der Waals surface area contributed by atoms with Gasteiger partial charge in [0.2, 0.25) is 0 Å². The molecule has 2 atom stereocenters. The van der Waals surface area contributed by atoms with Gasteiger partial charge in [0, 0.05) is 32.5 Å². The van der Waals surface area contributed by atoms with E-state index in [2.05, 4.69) is 131 Å². The lowest BCUT2D eigenvalue weighted by atomic mass is 9.83. The Hall–Kier alpha value is -8.41. The maximum atomic E-state index is 15.1. The fraction of sp³-hybridized carbons (Fsp3) is 0.0794. The Kier molecular flexibility index (Phi) is 9.00. The summed E-state index contributed by atoms with van der Waals surface area (Å²) < 4.78 is 19.3. The van der Waals surface area contributed by atoms with Crippen molar-refractivity contribution < 1.29 is 4.39 Å². The highest BCUT2D eigenvalue weighted by Crippen LogP contribution is 2.43. The van der Waals surface area contributed by atoms with Gasteiger partial charge < -0.3 is 9.13 Å². The average molecular weight is 879 g/mol. The fourth-order valence-electron chi connectivity index (χ4n) is 11.3. The molecule has 12 aromatic rings. The van der Waals surface area contributed by atoms with Crippen LogP contribution in [0.5, 0.6) is 0 Å². The number of benzene rings is 10. The molecule has 0 bridgehead atoms. The number of nitrogens with zero attached hydrogens (tertiary/aromatic N) is 2. The first-order valence-electron chi connectivity index (χ1n) is 23.4. The van der Waals surface area contributed by atoms with Crippen molar-refractivity contribution in [1.82, 2.24) is 9.13 Å². The van der Waals surface area contributed by atoms with Crippen LogP contribution in [0.1, 0.15) is 36.7 Å². The number of allylic oxidation sites excluding steroid dienone is 1. The van der Waals surface area contributed by atoms with Gasteiger partial charge in [0.15, 0.2) is 10.9 Å². The van der Waals surface area contributed by atoms with E-state index in [0.29, 0.717) is 38.1 Å². The van der Waals surface area contributed by atoms with Gasteiger partial charge in [-0.2, -0.15) is 0 Å². The quantitative estimate of drug-likeness (QED) is 0.162. The minimum Gasteiger partial charge on any atom is -0.308 e. The van der Waals surface area contributed by atoms with Crippen LogP contribution in [0.25, 0.3) is 116 Å². The zero-order chi connectivity index (χ0) is 45.8. The van der Waals surface area contributed by atoms with Gasteiger partial charge in [-0.15, -0.1) is 0 Å². The Morgan fingerprint density at radius 1 is 0.456 bits per heavy atom. The van der Waals surface area contributed by atoms with Gasteiger partial charge in [-0.05, 0) is 128 Å². The number of alkyl halides is 1. The topological polar surface area (TPSA) is 44.0 Å². The zero-order valence-electron chi connectivity index (χ0n) is 37.5. The van der Waals surface area contributed by atoms with E-state index in [4.69, 9.17) is 0 Å². The third kappa shape index (κ3) is 5.91. The summed E-state index contributed by atoms with van der Waals surface area (Å²) >= 11 is 0. The van der Waals surface area contributed by atoms with Crippen LogP contribution in [0.2, 0.25) is 0 Å². The molecule has 0 amide bonds. The molecule has 0 fully saturated rings. The van der Waals surface area contributed by atoms with E-state index in [9.17, 15) is 4.39 Å². The zero-order valence-corrected chi connectivity index (χ0v) is 37.5. The number of aromatic nitrogens is 2. The van der Waals surface area contributed by atoms with Crippen molar-refractivity contribution >= 4 is 82.0 Å². The summed E-state index contributed by atoms with van der Waals surface area (Å²) in [4.78, 5) is 30.1. The molecule has 2 aromatic heterocycles. The lowest BCUT2D eigenvalue weighted by Crippen LogP contribution is -2.16. The summed E-state index contributed by atoms with van der Waals surface area (Å²) in [6, 6.07) is 63.7. The minimum atomic E-state index is -1.10. The molecular formula is C63H43FN2O2. The number of hydrogen-bond donors (Lipinski definition) is 0. The van der Waals surface area contributed by atoms with Crippen molar-refractivity contribution in [3.8, 4) is 33.6 Å². The Morgan fingerprint density at radius 2 is 0.941 bits per heavy atom. The van der Waals surface area contributed by atoms with Crippen molar-refractivity contribution in [2.75, 3.05) is 0 Å². The average Bonchev–Trinajstić information content (AvgIpc) is 3.38. The molecule has 1 aliphatic rings. The standard InChI is InChI=1S/C63H43FN2O2/c1-37-28-29-50-53(34-37)48(45-25-13-23-42-40(38(2)64)21-12-24-44(42)45)31-33-59(50)66-57-27-10-8-20-52(57)63(68)55-35-60-54(36-61(55)66)62(67)51-19-7-9-26-56(51)65(60)58-32-30-47(46-17-5-6-18-49(46)58)43-22-11-15-39-14-3-4-16-41(39)43/h3-33,35-38H,34H2,1-2H3. The number of pyridine rings is 2. The van der Waals surface area contributed by atoms with Crippen molar-refractivity contribution in [2.24, 2.45) is 5.92 Å². The van der Waals surface area contributed by atoms with Crippen LogP contribution < -0.4 is 10.9 Å². The molecule has 5 heteroatoms. The van der Waals surface area contributed by atoms with E-state index < -0.39 is 6.17 Å². The second-order valence-corrected chi connectivity index (χ2v) is 18.4. The van der Waals surface area contributed by atoms with Gasteiger partial charge in [-0.25, -0.2) is 4.39 Å². The predicted molar refractivity (Wildman–Crippen MR) is 282 cm³/mol. The molecule has 10 aromatic carbocycles. The molecule has 0 aliphatic heterocycles. The summed E-state index contributed by atoms with van der Waals surface area (Å²) in [6.07, 6.45) is 4.17. The van der Waals surface area contributed by atoms with Crippen LogP contribution in [0.3, 0.4) is 0 Å². The van der Waals surface area contributed by atoms with Crippen molar-refractivity contribution in [1.29, 1.82) is 0 Å². The predicted octanol–water partition coefficient (Wildman–Crippen LogP) is 15.6. The van der Waals surface area contributed by atoms with Gasteiger partial charge in [0.25, 0.3) is 0 Å². The number of para-hydroxylation sites is 2. The van der Waals surface area contributed by atoms with Gasteiger partial charge in [-0.1, -0.05) is 159 Å². The first-order chi connectivity index (χ1) is 33.3. The van der Waals surface area contributed by atoms with E-state index in [0.717, 1.165) is 78.2 Å². The highest BCUT2D eigenvalue weighted by atomic mass is 19.1. The largest absolute Gasteiger partial charge is 0.308 e. The SMILES string of the molecule is CC1C=Cc2c(-n3c4ccccc4c(=O)c4cc5c(cc43)c(=O)c3ccccc3n5-c3ccc(-c4cccc5ccccc45)c4ccccc34)ccc(-c3cccc4c(C(C)F)cccc34)c2C1. The molecule has 2 heterocycles. The van der Waals surface area contributed by atoms with Crippen molar-refractivity contribution in [2.45, 2.75) is 26.4 Å². The van der Waals surface area contributed by atoms with Crippen LogP contribution in [0, 0.1) is 5.92 Å². The van der Waals surface area contributed by atoms with Crippen LogP contribution in [-0.4, -0.2) is 9.13 Å². The summed E-state index contributed by atoms with van der Waals surface area (Å²) in [5, 5.41) is 8.61. The highest BCUT2D eigenvalue weighted by Gasteiger charge is 2.25. The van der Waals surface area contributed by atoms with Gasteiger partial charge in [0.1, 0.15) is 6.17 Å². The van der Waals surface area contributed by atoms with E-state index in [-0.39, 0.29) is 16.8 Å². The molecule has 0 saturated carbocycles. The molecular weight excluding hydrogens is 836 g/mol. The number of halogens is 1.